The van der Waals surface area contributed by atoms with E-state index in [9.17, 15) is 4.79 Å². The van der Waals surface area contributed by atoms with Gasteiger partial charge in [-0.15, -0.1) is 0 Å². The summed E-state index contributed by atoms with van der Waals surface area (Å²) < 4.78 is 0. The average Bonchev–Trinajstić information content (AvgIpc) is 2.68. The summed E-state index contributed by atoms with van der Waals surface area (Å²) in [6.45, 7) is 3.86. The van der Waals surface area contributed by atoms with Crippen molar-refractivity contribution in [1.29, 1.82) is 0 Å². The number of carbonyl (C=O) groups excluding carboxylic acids is 1. The third-order valence-corrected chi connectivity index (χ3v) is 4.88. The number of hydrogen-bond donors (Lipinski definition) is 1. The van der Waals surface area contributed by atoms with Gasteiger partial charge >= 0.3 is 0 Å². The Morgan fingerprint density at radius 3 is 2.52 bits per heavy atom. The lowest BCUT2D eigenvalue weighted by atomic mass is 9.95. The number of amides is 1. The number of nitrogens with zero attached hydrogens (tertiary/aromatic N) is 2. The van der Waals surface area contributed by atoms with E-state index in [0.717, 1.165) is 31.6 Å². The number of aromatic nitrogens is 1. The molecule has 1 aromatic heterocycles. The normalized spacial score (nSPS) is 14.9. The molecule has 1 saturated carbocycles. The molecule has 3 rings (SSSR count). The van der Waals surface area contributed by atoms with E-state index in [0.29, 0.717) is 11.7 Å². The lowest BCUT2D eigenvalue weighted by Gasteiger charge is -2.24. The van der Waals surface area contributed by atoms with E-state index in [1.165, 1.54) is 24.8 Å². The molecule has 1 aliphatic rings. The predicted molar refractivity (Wildman–Crippen MR) is 102 cm³/mol. The molecule has 1 N–H and O–H groups in total. The van der Waals surface area contributed by atoms with E-state index in [4.69, 9.17) is 0 Å². The smallest absolute Gasteiger partial charge is 0.270 e. The first-order valence-corrected chi connectivity index (χ1v) is 9.32. The van der Waals surface area contributed by atoms with Crippen molar-refractivity contribution in [2.45, 2.75) is 51.6 Å². The summed E-state index contributed by atoms with van der Waals surface area (Å²) in [4.78, 5) is 19.0. The highest BCUT2D eigenvalue weighted by atomic mass is 16.1. The van der Waals surface area contributed by atoms with Gasteiger partial charge in [0.05, 0.1) is 11.9 Å². The molecular formula is C21H27N3O. The second kappa shape index (κ2) is 8.65. The standard InChI is InChI=1S/C21H27N3O/c1-2-24(16-17-9-5-3-6-10-17)19-13-14-20(22-15-19)21(25)23-18-11-7-4-8-12-18/h3,5-6,9-10,13-15,18H,2,4,7-8,11-12,16H2,1H3,(H,23,25). The SMILES string of the molecule is CCN(Cc1ccccc1)c1ccc(C(=O)NC2CCCCC2)nc1. The van der Waals surface area contributed by atoms with Crippen molar-refractivity contribution in [2.24, 2.45) is 0 Å². The number of rotatable bonds is 6. The average molecular weight is 337 g/mol. The zero-order valence-electron chi connectivity index (χ0n) is 14.9. The van der Waals surface area contributed by atoms with Crippen LogP contribution in [0.15, 0.2) is 48.7 Å². The van der Waals surface area contributed by atoms with E-state index in [1.54, 1.807) is 0 Å². The molecule has 0 saturated heterocycles. The van der Waals surface area contributed by atoms with Gasteiger partial charge in [0.25, 0.3) is 5.91 Å². The number of hydrogen-bond acceptors (Lipinski definition) is 3. The van der Waals surface area contributed by atoms with Crippen LogP contribution in [0.5, 0.6) is 0 Å². The largest absolute Gasteiger partial charge is 0.366 e. The highest BCUT2D eigenvalue weighted by Crippen LogP contribution is 2.19. The van der Waals surface area contributed by atoms with Gasteiger partial charge in [0, 0.05) is 19.1 Å². The van der Waals surface area contributed by atoms with Gasteiger partial charge in [0.1, 0.15) is 5.69 Å². The topological polar surface area (TPSA) is 45.2 Å². The molecule has 2 aromatic rings. The maximum absolute atomic E-state index is 12.4. The Kier molecular flexibility index (Phi) is 6.04. The molecular weight excluding hydrogens is 310 g/mol. The van der Waals surface area contributed by atoms with Crippen LogP contribution in [-0.2, 0) is 6.54 Å². The maximum Gasteiger partial charge on any atom is 0.270 e. The van der Waals surface area contributed by atoms with Crippen molar-refractivity contribution in [3.63, 3.8) is 0 Å². The van der Waals surface area contributed by atoms with Crippen LogP contribution in [0.3, 0.4) is 0 Å². The lowest BCUT2D eigenvalue weighted by Crippen LogP contribution is -2.36. The van der Waals surface area contributed by atoms with E-state index >= 15 is 0 Å². The summed E-state index contributed by atoms with van der Waals surface area (Å²) in [6, 6.07) is 14.5. The minimum atomic E-state index is -0.0513. The van der Waals surface area contributed by atoms with E-state index in [1.807, 2.05) is 24.4 Å². The van der Waals surface area contributed by atoms with E-state index < -0.39 is 0 Å². The molecule has 1 fully saturated rings. The third kappa shape index (κ3) is 4.81. The van der Waals surface area contributed by atoms with Gasteiger partial charge < -0.3 is 10.2 Å². The van der Waals surface area contributed by atoms with Gasteiger partial charge in [-0.05, 0) is 37.5 Å². The van der Waals surface area contributed by atoms with Crippen molar-refractivity contribution in [2.75, 3.05) is 11.4 Å². The van der Waals surface area contributed by atoms with Crippen molar-refractivity contribution in [3.8, 4) is 0 Å². The number of nitrogens with one attached hydrogen (secondary N) is 1. The molecule has 0 spiro atoms. The maximum atomic E-state index is 12.4. The lowest BCUT2D eigenvalue weighted by molar-refractivity contribution is 0.0922. The molecule has 0 bridgehead atoms. The summed E-state index contributed by atoms with van der Waals surface area (Å²) in [5, 5.41) is 3.12. The van der Waals surface area contributed by atoms with Crippen LogP contribution in [-0.4, -0.2) is 23.5 Å². The van der Waals surface area contributed by atoms with Crippen LogP contribution in [0.2, 0.25) is 0 Å². The van der Waals surface area contributed by atoms with Crippen LogP contribution >= 0.6 is 0 Å². The predicted octanol–water partition coefficient (Wildman–Crippen LogP) is 4.17. The van der Waals surface area contributed by atoms with Crippen LogP contribution in [0.1, 0.15) is 55.1 Å². The summed E-state index contributed by atoms with van der Waals surface area (Å²) >= 11 is 0. The van der Waals surface area contributed by atoms with Crippen molar-refractivity contribution in [1.82, 2.24) is 10.3 Å². The van der Waals surface area contributed by atoms with Crippen LogP contribution in [0.25, 0.3) is 0 Å². The fourth-order valence-corrected chi connectivity index (χ4v) is 3.40. The molecule has 0 atom stereocenters. The van der Waals surface area contributed by atoms with Crippen LogP contribution < -0.4 is 10.2 Å². The molecule has 25 heavy (non-hydrogen) atoms. The third-order valence-electron chi connectivity index (χ3n) is 4.88. The Morgan fingerprint density at radius 2 is 1.88 bits per heavy atom. The molecule has 4 heteroatoms. The van der Waals surface area contributed by atoms with Gasteiger partial charge in [-0.1, -0.05) is 49.6 Å². The van der Waals surface area contributed by atoms with Crippen molar-refractivity contribution in [3.05, 3.63) is 59.9 Å². The summed E-state index contributed by atoms with van der Waals surface area (Å²) in [5.74, 6) is -0.0513. The van der Waals surface area contributed by atoms with Crippen LogP contribution in [0.4, 0.5) is 5.69 Å². The Bertz CT molecular complexity index is 663. The molecule has 132 valence electrons. The quantitative estimate of drug-likeness (QED) is 0.860. The van der Waals surface area contributed by atoms with Gasteiger partial charge in [0.2, 0.25) is 0 Å². The summed E-state index contributed by atoms with van der Waals surface area (Å²) in [7, 11) is 0. The second-order valence-corrected chi connectivity index (χ2v) is 6.71. The second-order valence-electron chi connectivity index (χ2n) is 6.71. The monoisotopic (exact) mass is 337 g/mol. The van der Waals surface area contributed by atoms with Gasteiger partial charge in [0.15, 0.2) is 0 Å². The number of anilines is 1. The highest BCUT2D eigenvalue weighted by Gasteiger charge is 2.17. The molecule has 1 heterocycles. The molecule has 0 radical (unpaired) electrons. The minimum absolute atomic E-state index is 0.0513. The first-order valence-electron chi connectivity index (χ1n) is 9.32. The number of benzene rings is 1. The summed E-state index contributed by atoms with van der Waals surface area (Å²) in [6.07, 6.45) is 7.69. The van der Waals surface area contributed by atoms with Crippen LogP contribution in [0, 0.1) is 0 Å². The van der Waals surface area contributed by atoms with Gasteiger partial charge in [-0.2, -0.15) is 0 Å². The first-order chi connectivity index (χ1) is 12.3. The summed E-state index contributed by atoms with van der Waals surface area (Å²) in [5.41, 5.74) is 2.81. The zero-order valence-corrected chi connectivity index (χ0v) is 14.9. The molecule has 1 amide bonds. The van der Waals surface area contributed by atoms with Gasteiger partial charge in [-0.3, -0.25) is 4.79 Å². The molecule has 0 unspecified atom stereocenters. The number of carbonyl (C=O) groups is 1. The van der Waals surface area contributed by atoms with E-state index in [2.05, 4.69) is 46.4 Å². The zero-order chi connectivity index (χ0) is 17.5. The number of pyridine rings is 1. The van der Waals surface area contributed by atoms with E-state index in [-0.39, 0.29) is 5.91 Å². The molecule has 1 aliphatic carbocycles. The van der Waals surface area contributed by atoms with Gasteiger partial charge in [-0.25, -0.2) is 4.98 Å². The molecule has 0 aliphatic heterocycles. The highest BCUT2D eigenvalue weighted by molar-refractivity contribution is 5.92. The first kappa shape index (κ1) is 17.5. The molecule has 1 aromatic carbocycles. The Hall–Kier alpha value is -2.36. The molecule has 4 nitrogen and oxygen atoms in total. The van der Waals surface area contributed by atoms with Crippen molar-refractivity contribution < 1.29 is 4.79 Å². The fourth-order valence-electron chi connectivity index (χ4n) is 3.40. The Morgan fingerprint density at radius 1 is 1.12 bits per heavy atom. The van der Waals surface area contributed by atoms with Crippen molar-refractivity contribution >= 4 is 11.6 Å². The fraction of sp³-hybridized carbons (Fsp3) is 0.429. The minimum Gasteiger partial charge on any atom is -0.366 e. The Balaban J connectivity index is 1.62. The Labute approximate surface area is 150 Å².